The third-order valence-electron chi connectivity index (χ3n) is 3.82. The summed E-state index contributed by atoms with van der Waals surface area (Å²) in [5, 5.41) is 2.91. The quantitative estimate of drug-likeness (QED) is 0.946. The molecule has 0 aromatic heterocycles. The first-order chi connectivity index (χ1) is 10.7. The zero-order valence-corrected chi connectivity index (χ0v) is 12.7. The molecular formula is C18H20N2O2. The monoisotopic (exact) mass is 296 g/mol. The van der Waals surface area contributed by atoms with Crippen molar-refractivity contribution in [1.82, 2.24) is 0 Å². The van der Waals surface area contributed by atoms with Crippen LogP contribution in [-0.4, -0.2) is 32.2 Å². The van der Waals surface area contributed by atoms with Gasteiger partial charge in [0.2, 0.25) is 0 Å². The second-order valence-corrected chi connectivity index (χ2v) is 5.47. The Morgan fingerprint density at radius 1 is 1.00 bits per heavy atom. The Bertz CT molecular complexity index is 629. The van der Waals surface area contributed by atoms with Gasteiger partial charge in [-0.3, -0.25) is 4.79 Å². The van der Waals surface area contributed by atoms with Crippen LogP contribution in [0.5, 0.6) is 0 Å². The first-order valence-electron chi connectivity index (χ1n) is 7.53. The van der Waals surface area contributed by atoms with Gasteiger partial charge in [0.15, 0.2) is 0 Å². The lowest BCUT2D eigenvalue weighted by atomic mass is 10.1. The van der Waals surface area contributed by atoms with E-state index in [1.165, 1.54) is 5.56 Å². The van der Waals surface area contributed by atoms with Crippen LogP contribution in [-0.2, 0) is 4.74 Å². The predicted molar refractivity (Wildman–Crippen MR) is 88.6 cm³/mol. The van der Waals surface area contributed by atoms with Crippen LogP contribution < -0.4 is 10.2 Å². The molecule has 114 valence electrons. The molecule has 0 atom stereocenters. The van der Waals surface area contributed by atoms with Crippen LogP contribution in [0.2, 0.25) is 0 Å². The molecule has 2 aromatic carbocycles. The van der Waals surface area contributed by atoms with E-state index in [0.29, 0.717) is 5.56 Å². The molecule has 0 saturated carbocycles. The Labute approximate surface area is 130 Å². The molecule has 1 aliphatic heterocycles. The number of morpholine rings is 1. The summed E-state index contributed by atoms with van der Waals surface area (Å²) in [6.07, 6.45) is 0. The number of nitrogens with one attached hydrogen (secondary N) is 1. The number of carbonyl (C=O) groups is 1. The summed E-state index contributed by atoms with van der Waals surface area (Å²) in [7, 11) is 0. The number of aryl methyl sites for hydroxylation is 1. The van der Waals surface area contributed by atoms with E-state index in [9.17, 15) is 4.79 Å². The maximum atomic E-state index is 12.2. The molecule has 1 aliphatic rings. The van der Waals surface area contributed by atoms with Crippen LogP contribution in [0.25, 0.3) is 0 Å². The lowest BCUT2D eigenvalue weighted by molar-refractivity contribution is 0.102. The van der Waals surface area contributed by atoms with Gasteiger partial charge in [0.1, 0.15) is 0 Å². The van der Waals surface area contributed by atoms with Gasteiger partial charge >= 0.3 is 0 Å². The summed E-state index contributed by atoms with van der Waals surface area (Å²) in [6, 6.07) is 15.5. The normalized spacial score (nSPS) is 14.7. The van der Waals surface area contributed by atoms with E-state index in [0.717, 1.165) is 37.7 Å². The van der Waals surface area contributed by atoms with E-state index in [1.54, 1.807) is 0 Å². The molecule has 1 amide bonds. The van der Waals surface area contributed by atoms with Crippen LogP contribution in [0.3, 0.4) is 0 Å². The van der Waals surface area contributed by atoms with Crippen LogP contribution in [0.4, 0.5) is 11.4 Å². The molecule has 4 heteroatoms. The standard InChI is InChI=1S/C18H20N2O2/c1-14-2-6-16(7-3-14)19-18(21)15-4-8-17(9-5-15)20-10-12-22-13-11-20/h2-9H,10-13H2,1H3,(H,19,21). The van der Waals surface area contributed by atoms with Gasteiger partial charge in [0, 0.05) is 30.0 Å². The van der Waals surface area contributed by atoms with Crippen LogP contribution in [0.1, 0.15) is 15.9 Å². The highest BCUT2D eigenvalue weighted by molar-refractivity contribution is 6.04. The summed E-state index contributed by atoms with van der Waals surface area (Å²) >= 11 is 0. The van der Waals surface area contributed by atoms with E-state index < -0.39 is 0 Å². The number of hydrogen-bond donors (Lipinski definition) is 1. The Balaban J connectivity index is 1.66. The van der Waals surface area contributed by atoms with E-state index in [-0.39, 0.29) is 5.91 Å². The van der Waals surface area contributed by atoms with E-state index in [2.05, 4.69) is 10.2 Å². The molecule has 0 bridgehead atoms. The summed E-state index contributed by atoms with van der Waals surface area (Å²) < 4.78 is 5.35. The summed E-state index contributed by atoms with van der Waals surface area (Å²) in [5.41, 5.74) is 3.79. The van der Waals surface area contributed by atoms with Gasteiger partial charge < -0.3 is 15.0 Å². The second kappa shape index (κ2) is 6.62. The third kappa shape index (κ3) is 3.46. The minimum absolute atomic E-state index is 0.0858. The molecule has 1 saturated heterocycles. The highest BCUT2D eigenvalue weighted by Gasteiger charge is 2.12. The molecule has 0 aliphatic carbocycles. The smallest absolute Gasteiger partial charge is 0.255 e. The van der Waals surface area contributed by atoms with Gasteiger partial charge in [0.25, 0.3) is 5.91 Å². The lowest BCUT2D eigenvalue weighted by Crippen LogP contribution is -2.36. The fraction of sp³-hybridized carbons (Fsp3) is 0.278. The molecule has 22 heavy (non-hydrogen) atoms. The minimum Gasteiger partial charge on any atom is -0.378 e. The van der Waals surface area contributed by atoms with Crippen molar-refractivity contribution < 1.29 is 9.53 Å². The molecule has 0 unspecified atom stereocenters. The first kappa shape index (κ1) is 14.6. The van der Waals surface area contributed by atoms with Crippen LogP contribution in [0.15, 0.2) is 48.5 Å². The molecule has 1 fully saturated rings. The third-order valence-corrected chi connectivity index (χ3v) is 3.82. The predicted octanol–water partition coefficient (Wildman–Crippen LogP) is 3.08. The highest BCUT2D eigenvalue weighted by Crippen LogP contribution is 2.17. The van der Waals surface area contributed by atoms with Crippen molar-refractivity contribution in [3.05, 3.63) is 59.7 Å². The topological polar surface area (TPSA) is 41.6 Å². The average molecular weight is 296 g/mol. The van der Waals surface area contributed by atoms with Gasteiger partial charge in [-0.25, -0.2) is 0 Å². The number of rotatable bonds is 3. The fourth-order valence-electron chi connectivity index (χ4n) is 2.49. The Morgan fingerprint density at radius 2 is 1.64 bits per heavy atom. The number of anilines is 2. The number of ether oxygens (including phenoxy) is 1. The summed E-state index contributed by atoms with van der Waals surface area (Å²) in [4.78, 5) is 14.5. The van der Waals surface area contributed by atoms with Crippen molar-refractivity contribution >= 4 is 17.3 Å². The zero-order chi connectivity index (χ0) is 15.4. The molecule has 4 nitrogen and oxygen atoms in total. The van der Waals surface area contributed by atoms with Gasteiger partial charge in [-0.1, -0.05) is 17.7 Å². The fourth-order valence-corrected chi connectivity index (χ4v) is 2.49. The molecule has 0 radical (unpaired) electrons. The number of benzene rings is 2. The number of amides is 1. The zero-order valence-electron chi connectivity index (χ0n) is 12.7. The largest absolute Gasteiger partial charge is 0.378 e. The van der Waals surface area contributed by atoms with E-state index in [1.807, 2.05) is 55.5 Å². The molecular weight excluding hydrogens is 276 g/mol. The van der Waals surface area contributed by atoms with Gasteiger partial charge in [-0.15, -0.1) is 0 Å². The molecule has 1 heterocycles. The Hall–Kier alpha value is -2.33. The van der Waals surface area contributed by atoms with Crippen molar-refractivity contribution in [1.29, 1.82) is 0 Å². The van der Waals surface area contributed by atoms with Crippen molar-refractivity contribution in [3.63, 3.8) is 0 Å². The number of carbonyl (C=O) groups excluding carboxylic acids is 1. The van der Waals surface area contributed by atoms with E-state index >= 15 is 0 Å². The van der Waals surface area contributed by atoms with Crippen LogP contribution >= 0.6 is 0 Å². The highest BCUT2D eigenvalue weighted by atomic mass is 16.5. The maximum Gasteiger partial charge on any atom is 0.255 e. The van der Waals surface area contributed by atoms with Gasteiger partial charge in [0.05, 0.1) is 13.2 Å². The SMILES string of the molecule is Cc1ccc(NC(=O)c2ccc(N3CCOCC3)cc2)cc1. The molecule has 0 spiro atoms. The first-order valence-corrected chi connectivity index (χ1v) is 7.53. The second-order valence-electron chi connectivity index (χ2n) is 5.47. The van der Waals surface area contributed by atoms with Crippen LogP contribution in [0, 0.1) is 6.92 Å². The van der Waals surface area contributed by atoms with Gasteiger partial charge in [-0.2, -0.15) is 0 Å². The molecule has 1 N–H and O–H groups in total. The number of nitrogens with zero attached hydrogens (tertiary/aromatic N) is 1. The maximum absolute atomic E-state index is 12.2. The summed E-state index contributed by atoms with van der Waals surface area (Å²) in [5.74, 6) is -0.0858. The van der Waals surface area contributed by atoms with Crippen molar-refractivity contribution in [2.75, 3.05) is 36.5 Å². The minimum atomic E-state index is -0.0858. The van der Waals surface area contributed by atoms with E-state index in [4.69, 9.17) is 4.74 Å². The Kier molecular flexibility index (Phi) is 4.39. The summed E-state index contributed by atoms with van der Waals surface area (Å²) in [6.45, 7) is 5.34. The number of hydrogen-bond acceptors (Lipinski definition) is 3. The average Bonchev–Trinajstić information content (AvgIpc) is 2.58. The molecule has 3 rings (SSSR count). The Morgan fingerprint density at radius 3 is 2.27 bits per heavy atom. The molecule has 2 aromatic rings. The van der Waals surface area contributed by atoms with Crippen molar-refractivity contribution in [2.24, 2.45) is 0 Å². The van der Waals surface area contributed by atoms with Crippen molar-refractivity contribution in [3.8, 4) is 0 Å². The lowest BCUT2D eigenvalue weighted by Gasteiger charge is -2.28. The van der Waals surface area contributed by atoms with Gasteiger partial charge in [-0.05, 0) is 43.3 Å². The van der Waals surface area contributed by atoms with Crippen molar-refractivity contribution in [2.45, 2.75) is 6.92 Å².